The maximum absolute atomic E-state index is 12.8. The zero-order valence-corrected chi connectivity index (χ0v) is 10.0. The fraction of sp³-hybridized carbons (Fsp3) is 0.385. The molecule has 0 heterocycles. The van der Waals surface area contributed by atoms with Gasteiger partial charge in [0.1, 0.15) is 5.82 Å². The van der Waals surface area contributed by atoms with Gasteiger partial charge in [0.05, 0.1) is 0 Å². The highest BCUT2D eigenvalue weighted by atomic mass is 35.5. The Bertz CT molecular complexity index is 352. The molecule has 0 bridgehead atoms. The molecule has 0 amide bonds. The molecule has 0 aliphatic rings. The van der Waals surface area contributed by atoms with Crippen molar-refractivity contribution >= 4 is 11.6 Å². The Morgan fingerprint density at radius 2 is 2.25 bits per heavy atom. The summed E-state index contributed by atoms with van der Waals surface area (Å²) in [5.74, 6) is -0.311. The summed E-state index contributed by atoms with van der Waals surface area (Å²) >= 11 is 5.92. The van der Waals surface area contributed by atoms with Crippen molar-refractivity contribution in [2.75, 3.05) is 0 Å². The Labute approximate surface area is 101 Å². The van der Waals surface area contributed by atoms with Crippen molar-refractivity contribution in [3.05, 3.63) is 47.3 Å². The van der Waals surface area contributed by atoms with Gasteiger partial charge >= 0.3 is 0 Å². The number of hydrogen-bond donors (Lipinski definition) is 1. The molecule has 16 heavy (non-hydrogen) atoms. The first kappa shape index (κ1) is 13.2. The molecule has 0 spiro atoms. The van der Waals surface area contributed by atoms with E-state index < -0.39 is 0 Å². The lowest BCUT2D eigenvalue weighted by molar-refractivity contribution is 0.582. The second kappa shape index (κ2) is 6.66. The summed E-state index contributed by atoms with van der Waals surface area (Å²) in [6, 6.07) is 4.51. The maximum Gasteiger partial charge on any atom is 0.124 e. The van der Waals surface area contributed by atoms with Crippen LogP contribution >= 0.6 is 11.6 Å². The van der Waals surface area contributed by atoms with Crippen LogP contribution in [0.2, 0.25) is 5.02 Å². The summed E-state index contributed by atoms with van der Waals surface area (Å²) in [5.41, 5.74) is 6.88. The van der Waals surface area contributed by atoms with E-state index in [1.807, 2.05) is 6.08 Å². The van der Waals surface area contributed by atoms with Gasteiger partial charge in [-0.05, 0) is 43.4 Å². The second-order valence-electron chi connectivity index (χ2n) is 3.92. The molecular formula is C13H17ClFN. The van der Waals surface area contributed by atoms with E-state index >= 15 is 0 Å². The largest absolute Gasteiger partial charge is 0.327 e. The van der Waals surface area contributed by atoms with Crippen molar-refractivity contribution in [2.45, 2.75) is 31.7 Å². The number of unbranched alkanes of at least 4 members (excludes halogenated alkanes) is 1. The Balaban J connectivity index is 2.49. The predicted molar refractivity (Wildman–Crippen MR) is 67.1 cm³/mol. The minimum absolute atomic E-state index is 0.0721. The minimum atomic E-state index is -0.311. The van der Waals surface area contributed by atoms with Crippen molar-refractivity contribution < 1.29 is 4.39 Å². The van der Waals surface area contributed by atoms with Gasteiger partial charge in [0.25, 0.3) is 0 Å². The normalized spacial score (nSPS) is 12.4. The van der Waals surface area contributed by atoms with E-state index in [0.29, 0.717) is 11.4 Å². The standard InChI is InChI=1S/C13H17ClFN/c1-2-3-4-5-12(16)8-10-6-7-11(15)9-13(10)14/h2,6-7,9,12H,1,3-5,8,16H2. The first-order valence-corrected chi connectivity index (χ1v) is 5.81. The second-order valence-corrected chi connectivity index (χ2v) is 4.33. The molecule has 2 N–H and O–H groups in total. The summed E-state index contributed by atoms with van der Waals surface area (Å²) in [7, 11) is 0. The smallest absolute Gasteiger partial charge is 0.124 e. The summed E-state index contributed by atoms with van der Waals surface area (Å²) in [6.45, 7) is 3.66. The summed E-state index contributed by atoms with van der Waals surface area (Å²) in [5, 5.41) is 0.458. The van der Waals surface area contributed by atoms with Crippen LogP contribution in [0.25, 0.3) is 0 Å². The highest BCUT2D eigenvalue weighted by Crippen LogP contribution is 2.19. The van der Waals surface area contributed by atoms with Gasteiger partial charge in [-0.1, -0.05) is 23.7 Å². The molecule has 3 heteroatoms. The maximum atomic E-state index is 12.8. The Morgan fingerprint density at radius 3 is 2.88 bits per heavy atom. The van der Waals surface area contributed by atoms with Crippen molar-refractivity contribution in [1.29, 1.82) is 0 Å². The van der Waals surface area contributed by atoms with Crippen molar-refractivity contribution in [1.82, 2.24) is 0 Å². The zero-order valence-electron chi connectivity index (χ0n) is 9.26. The van der Waals surface area contributed by atoms with Gasteiger partial charge in [0, 0.05) is 11.1 Å². The number of hydrogen-bond acceptors (Lipinski definition) is 1. The average Bonchev–Trinajstić information content (AvgIpc) is 2.23. The van der Waals surface area contributed by atoms with E-state index in [0.717, 1.165) is 24.8 Å². The van der Waals surface area contributed by atoms with Gasteiger partial charge in [-0.15, -0.1) is 6.58 Å². The molecule has 0 radical (unpaired) electrons. The monoisotopic (exact) mass is 241 g/mol. The third kappa shape index (κ3) is 4.33. The topological polar surface area (TPSA) is 26.0 Å². The van der Waals surface area contributed by atoms with Crippen LogP contribution in [-0.4, -0.2) is 6.04 Å². The molecule has 1 atom stereocenters. The zero-order chi connectivity index (χ0) is 12.0. The quantitative estimate of drug-likeness (QED) is 0.596. The van der Waals surface area contributed by atoms with Crippen LogP contribution in [-0.2, 0) is 6.42 Å². The lowest BCUT2D eigenvalue weighted by Gasteiger charge is -2.12. The van der Waals surface area contributed by atoms with E-state index in [9.17, 15) is 4.39 Å². The van der Waals surface area contributed by atoms with E-state index in [-0.39, 0.29) is 11.9 Å². The van der Waals surface area contributed by atoms with Crippen LogP contribution in [0.1, 0.15) is 24.8 Å². The lowest BCUT2D eigenvalue weighted by atomic mass is 10.0. The molecule has 0 aliphatic carbocycles. The van der Waals surface area contributed by atoms with Crippen molar-refractivity contribution in [2.24, 2.45) is 5.73 Å². The molecule has 1 aromatic carbocycles. The molecule has 1 nitrogen and oxygen atoms in total. The van der Waals surface area contributed by atoms with E-state index in [4.69, 9.17) is 17.3 Å². The molecular weight excluding hydrogens is 225 g/mol. The number of benzene rings is 1. The van der Waals surface area contributed by atoms with Crippen LogP contribution in [0.15, 0.2) is 30.9 Å². The van der Waals surface area contributed by atoms with Gasteiger partial charge in [0.15, 0.2) is 0 Å². The first-order valence-electron chi connectivity index (χ1n) is 5.44. The van der Waals surface area contributed by atoms with Crippen LogP contribution in [0.5, 0.6) is 0 Å². The molecule has 1 unspecified atom stereocenters. The molecule has 0 aromatic heterocycles. The Morgan fingerprint density at radius 1 is 1.50 bits per heavy atom. The Hall–Kier alpha value is -0.860. The first-order chi connectivity index (χ1) is 7.63. The summed E-state index contributed by atoms with van der Waals surface area (Å²) < 4.78 is 12.8. The van der Waals surface area contributed by atoms with Gasteiger partial charge in [0.2, 0.25) is 0 Å². The summed E-state index contributed by atoms with van der Waals surface area (Å²) in [6.07, 6.45) is 5.52. The van der Waals surface area contributed by atoms with E-state index in [2.05, 4.69) is 6.58 Å². The van der Waals surface area contributed by atoms with Crippen molar-refractivity contribution in [3.8, 4) is 0 Å². The molecule has 88 valence electrons. The van der Waals surface area contributed by atoms with Crippen LogP contribution in [0.4, 0.5) is 4.39 Å². The fourth-order valence-corrected chi connectivity index (χ4v) is 1.84. The highest BCUT2D eigenvalue weighted by molar-refractivity contribution is 6.31. The molecule has 0 saturated carbocycles. The van der Waals surface area contributed by atoms with Gasteiger partial charge in [-0.3, -0.25) is 0 Å². The lowest BCUT2D eigenvalue weighted by Crippen LogP contribution is -2.22. The molecule has 1 rings (SSSR count). The SMILES string of the molecule is C=CCCCC(N)Cc1ccc(F)cc1Cl. The predicted octanol–water partition coefficient (Wildman–Crippen LogP) is 3.71. The Kier molecular flexibility index (Phi) is 5.50. The fourth-order valence-electron chi connectivity index (χ4n) is 1.60. The average molecular weight is 242 g/mol. The molecule has 0 aliphatic heterocycles. The van der Waals surface area contributed by atoms with Gasteiger partial charge in [-0.2, -0.15) is 0 Å². The van der Waals surface area contributed by atoms with E-state index in [1.165, 1.54) is 12.1 Å². The van der Waals surface area contributed by atoms with Crippen molar-refractivity contribution in [3.63, 3.8) is 0 Å². The molecule has 0 saturated heterocycles. The van der Waals surface area contributed by atoms with E-state index in [1.54, 1.807) is 6.07 Å². The number of nitrogens with two attached hydrogens (primary N) is 1. The van der Waals surface area contributed by atoms with Gasteiger partial charge in [-0.25, -0.2) is 4.39 Å². The molecule has 1 aromatic rings. The minimum Gasteiger partial charge on any atom is -0.327 e. The third-order valence-corrected chi connectivity index (χ3v) is 2.83. The number of allylic oxidation sites excluding steroid dienone is 1. The highest BCUT2D eigenvalue weighted by Gasteiger charge is 2.07. The third-order valence-electron chi connectivity index (χ3n) is 2.48. The number of rotatable bonds is 6. The molecule has 0 fully saturated rings. The van der Waals surface area contributed by atoms with Crippen LogP contribution in [0.3, 0.4) is 0 Å². The van der Waals surface area contributed by atoms with Gasteiger partial charge < -0.3 is 5.73 Å². The summed E-state index contributed by atoms with van der Waals surface area (Å²) in [4.78, 5) is 0. The van der Waals surface area contributed by atoms with Crippen LogP contribution < -0.4 is 5.73 Å². The number of halogens is 2. The van der Waals surface area contributed by atoms with Crippen LogP contribution in [0, 0.1) is 5.82 Å².